The van der Waals surface area contributed by atoms with Crippen molar-refractivity contribution in [2.24, 2.45) is 4.99 Å². The van der Waals surface area contributed by atoms with Gasteiger partial charge in [0.1, 0.15) is 5.75 Å². The summed E-state index contributed by atoms with van der Waals surface area (Å²) in [4.78, 5) is 4.54. The van der Waals surface area contributed by atoms with E-state index in [9.17, 15) is 13.5 Å². The molecule has 0 bridgehead atoms. The summed E-state index contributed by atoms with van der Waals surface area (Å²) in [5, 5.41) is 9.25. The third-order valence-electron chi connectivity index (χ3n) is 3.94. The standard InChI is InChI=1S/C20H26N2O3S/c1-2-3-4-5-6-7-16-21-17-10-14-20(15-11-17)26(24,25)22-18-8-12-19(23)13-9-18/h8-16,22-23H,2-7H2,1H3. The van der Waals surface area contributed by atoms with E-state index < -0.39 is 10.0 Å². The average molecular weight is 375 g/mol. The van der Waals surface area contributed by atoms with Gasteiger partial charge in [-0.15, -0.1) is 0 Å². The fraction of sp³-hybridized carbons (Fsp3) is 0.350. The quantitative estimate of drug-likeness (QED) is 0.338. The third kappa shape index (κ3) is 6.52. The lowest BCUT2D eigenvalue weighted by Crippen LogP contribution is -2.12. The van der Waals surface area contributed by atoms with Gasteiger partial charge in [-0.2, -0.15) is 0 Å². The fourth-order valence-corrected chi connectivity index (χ4v) is 3.52. The zero-order valence-electron chi connectivity index (χ0n) is 15.1. The van der Waals surface area contributed by atoms with Gasteiger partial charge in [-0.05, 0) is 61.4 Å². The Bertz CT molecular complexity index is 798. The number of anilines is 1. The molecule has 0 aliphatic rings. The molecule has 0 saturated carbocycles. The van der Waals surface area contributed by atoms with Gasteiger partial charge in [0.05, 0.1) is 10.6 Å². The van der Waals surface area contributed by atoms with E-state index in [2.05, 4.69) is 16.6 Å². The lowest BCUT2D eigenvalue weighted by Gasteiger charge is -2.08. The molecule has 0 saturated heterocycles. The summed E-state index contributed by atoms with van der Waals surface area (Å²) in [5.74, 6) is 0.0838. The summed E-state index contributed by atoms with van der Waals surface area (Å²) < 4.78 is 27.2. The van der Waals surface area contributed by atoms with Gasteiger partial charge in [0.2, 0.25) is 0 Å². The van der Waals surface area contributed by atoms with Crippen molar-refractivity contribution in [1.82, 2.24) is 0 Å². The van der Waals surface area contributed by atoms with E-state index in [1.54, 1.807) is 12.1 Å². The second-order valence-electron chi connectivity index (χ2n) is 6.16. The zero-order valence-corrected chi connectivity index (χ0v) is 15.9. The number of hydrogen-bond donors (Lipinski definition) is 2. The molecule has 2 rings (SSSR count). The molecule has 0 radical (unpaired) electrons. The van der Waals surface area contributed by atoms with Crippen molar-refractivity contribution < 1.29 is 13.5 Å². The van der Waals surface area contributed by atoms with Gasteiger partial charge in [0.15, 0.2) is 0 Å². The van der Waals surface area contributed by atoms with E-state index in [4.69, 9.17) is 0 Å². The minimum Gasteiger partial charge on any atom is -0.508 e. The van der Waals surface area contributed by atoms with Crippen LogP contribution in [0.1, 0.15) is 45.4 Å². The van der Waals surface area contributed by atoms with Crippen molar-refractivity contribution in [3.8, 4) is 5.75 Å². The fourth-order valence-electron chi connectivity index (χ4n) is 2.46. The van der Waals surface area contributed by atoms with Crippen LogP contribution in [0.25, 0.3) is 0 Å². The molecule has 0 spiro atoms. The van der Waals surface area contributed by atoms with Crippen LogP contribution in [0.3, 0.4) is 0 Å². The summed E-state index contributed by atoms with van der Waals surface area (Å²) >= 11 is 0. The van der Waals surface area contributed by atoms with Crippen molar-refractivity contribution >= 4 is 27.6 Å². The first-order chi connectivity index (χ1) is 12.5. The van der Waals surface area contributed by atoms with Gasteiger partial charge < -0.3 is 5.11 Å². The smallest absolute Gasteiger partial charge is 0.261 e. The number of hydrogen-bond acceptors (Lipinski definition) is 4. The minimum absolute atomic E-state index is 0.0838. The maximum Gasteiger partial charge on any atom is 0.261 e. The Morgan fingerprint density at radius 3 is 2.27 bits per heavy atom. The molecular weight excluding hydrogens is 348 g/mol. The molecular formula is C20H26N2O3S. The topological polar surface area (TPSA) is 78.8 Å². The number of aromatic hydroxyl groups is 1. The van der Waals surface area contributed by atoms with E-state index in [0.717, 1.165) is 18.5 Å². The summed E-state index contributed by atoms with van der Waals surface area (Å²) in [7, 11) is -3.66. The van der Waals surface area contributed by atoms with Crippen LogP contribution in [0.4, 0.5) is 11.4 Å². The molecule has 2 N–H and O–H groups in total. The van der Waals surface area contributed by atoms with Crippen LogP contribution in [0.2, 0.25) is 0 Å². The van der Waals surface area contributed by atoms with E-state index in [0.29, 0.717) is 5.69 Å². The van der Waals surface area contributed by atoms with E-state index >= 15 is 0 Å². The molecule has 0 aliphatic carbocycles. The van der Waals surface area contributed by atoms with Crippen molar-refractivity contribution in [1.29, 1.82) is 0 Å². The molecule has 2 aromatic rings. The lowest BCUT2D eigenvalue weighted by molar-refractivity contribution is 0.475. The maximum absolute atomic E-state index is 12.4. The van der Waals surface area contributed by atoms with Crippen molar-refractivity contribution in [3.63, 3.8) is 0 Å². The molecule has 0 heterocycles. The number of unbranched alkanes of at least 4 members (excludes halogenated alkanes) is 5. The zero-order chi connectivity index (χ0) is 18.8. The van der Waals surface area contributed by atoms with Crippen LogP contribution in [0.5, 0.6) is 5.75 Å². The summed E-state index contributed by atoms with van der Waals surface area (Å²) in [6.07, 6.45) is 8.98. The molecule has 6 heteroatoms. The second kappa shape index (κ2) is 9.97. The molecule has 2 aromatic carbocycles. The predicted octanol–water partition coefficient (Wildman–Crippen LogP) is 5.26. The number of phenolic OH excluding ortho intramolecular Hbond substituents is 1. The van der Waals surface area contributed by atoms with Gasteiger partial charge >= 0.3 is 0 Å². The number of rotatable bonds is 10. The van der Waals surface area contributed by atoms with Crippen LogP contribution < -0.4 is 4.72 Å². The van der Waals surface area contributed by atoms with E-state index in [-0.39, 0.29) is 10.6 Å². The van der Waals surface area contributed by atoms with Gasteiger partial charge in [-0.1, -0.05) is 32.6 Å². The number of sulfonamides is 1. The van der Waals surface area contributed by atoms with Gasteiger partial charge in [-0.3, -0.25) is 9.71 Å². The first kappa shape index (κ1) is 20.0. The van der Waals surface area contributed by atoms with Crippen molar-refractivity contribution in [3.05, 3.63) is 48.5 Å². The third-order valence-corrected chi connectivity index (χ3v) is 5.34. The Kier molecular flexibility index (Phi) is 7.66. The Balaban J connectivity index is 1.90. The highest BCUT2D eigenvalue weighted by atomic mass is 32.2. The summed E-state index contributed by atoms with van der Waals surface area (Å²) in [6, 6.07) is 12.3. The molecule has 140 valence electrons. The first-order valence-electron chi connectivity index (χ1n) is 8.96. The summed E-state index contributed by atoms with van der Waals surface area (Å²) in [5.41, 5.74) is 1.13. The van der Waals surface area contributed by atoms with E-state index in [1.807, 2.05) is 6.21 Å². The molecule has 0 fully saturated rings. The monoisotopic (exact) mass is 374 g/mol. The highest BCUT2D eigenvalue weighted by Gasteiger charge is 2.13. The SMILES string of the molecule is CCCCCCCC=Nc1ccc(S(=O)(=O)Nc2ccc(O)cc2)cc1. The molecule has 0 aromatic heterocycles. The summed E-state index contributed by atoms with van der Waals surface area (Å²) in [6.45, 7) is 2.20. The number of aliphatic imine (C=N–C) groups is 1. The highest BCUT2D eigenvalue weighted by Crippen LogP contribution is 2.21. The second-order valence-corrected chi connectivity index (χ2v) is 7.84. The lowest BCUT2D eigenvalue weighted by atomic mass is 10.1. The van der Waals surface area contributed by atoms with Gasteiger partial charge in [0, 0.05) is 11.9 Å². The van der Waals surface area contributed by atoms with Gasteiger partial charge in [-0.25, -0.2) is 8.42 Å². The van der Waals surface area contributed by atoms with Crippen LogP contribution >= 0.6 is 0 Å². The Morgan fingerprint density at radius 1 is 0.962 bits per heavy atom. The molecule has 5 nitrogen and oxygen atoms in total. The van der Waals surface area contributed by atoms with Gasteiger partial charge in [0.25, 0.3) is 10.0 Å². The Labute approximate surface area is 155 Å². The number of phenols is 1. The Hall–Kier alpha value is -2.34. The molecule has 26 heavy (non-hydrogen) atoms. The van der Waals surface area contributed by atoms with Crippen LogP contribution in [0.15, 0.2) is 58.4 Å². The average Bonchev–Trinajstić information content (AvgIpc) is 2.63. The van der Waals surface area contributed by atoms with Crippen LogP contribution in [-0.2, 0) is 10.0 Å². The normalized spacial score (nSPS) is 11.7. The maximum atomic E-state index is 12.4. The van der Waals surface area contributed by atoms with Crippen LogP contribution in [-0.4, -0.2) is 19.7 Å². The largest absolute Gasteiger partial charge is 0.508 e. The van der Waals surface area contributed by atoms with Crippen molar-refractivity contribution in [2.75, 3.05) is 4.72 Å². The highest BCUT2D eigenvalue weighted by molar-refractivity contribution is 7.92. The molecule has 0 unspecified atom stereocenters. The van der Waals surface area contributed by atoms with Crippen molar-refractivity contribution in [2.45, 2.75) is 50.3 Å². The number of nitrogens with zero attached hydrogens (tertiary/aromatic N) is 1. The Morgan fingerprint density at radius 2 is 1.62 bits per heavy atom. The molecule has 0 aliphatic heterocycles. The van der Waals surface area contributed by atoms with E-state index in [1.165, 1.54) is 62.1 Å². The molecule has 0 atom stereocenters. The first-order valence-corrected chi connectivity index (χ1v) is 10.4. The number of benzene rings is 2. The molecule has 0 amide bonds. The predicted molar refractivity (Wildman–Crippen MR) is 107 cm³/mol. The number of nitrogens with one attached hydrogen (secondary N) is 1. The van der Waals surface area contributed by atoms with Crippen LogP contribution in [0, 0.1) is 0 Å². The minimum atomic E-state index is -3.66.